The normalized spacial score (nSPS) is 10.2. The van der Waals surface area contributed by atoms with Gasteiger partial charge in [0.25, 0.3) is 11.6 Å². The minimum Gasteiger partial charge on any atom is -0.378 e. The Bertz CT molecular complexity index is 738. The number of carbonyl (C=O) groups excluding carboxylic acids is 1. The van der Waals surface area contributed by atoms with Crippen molar-refractivity contribution < 1.29 is 9.72 Å². The molecular weight excluding hydrogens is 341 g/mol. The van der Waals surface area contributed by atoms with Crippen LogP contribution in [0.4, 0.5) is 11.4 Å². The Labute approximate surface area is 142 Å². The van der Waals surface area contributed by atoms with Gasteiger partial charge in [0.15, 0.2) is 0 Å². The number of anilines is 1. The molecule has 0 saturated heterocycles. The van der Waals surface area contributed by atoms with E-state index in [0.717, 1.165) is 0 Å². The summed E-state index contributed by atoms with van der Waals surface area (Å²) in [7, 11) is 0. The highest BCUT2D eigenvalue weighted by Gasteiger charge is 2.12. The third-order valence-corrected chi connectivity index (χ3v) is 3.56. The number of amides is 1. The maximum absolute atomic E-state index is 12.0. The van der Waals surface area contributed by atoms with Crippen LogP contribution >= 0.6 is 23.2 Å². The number of nitrogens with one attached hydrogen (secondary N) is 2. The molecule has 8 heteroatoms. The molecule has 1 amide bonds. The van der Waals surface area contributed by atoms with Gasteiger partial charge in [-0.05, 0) is 24.3 Å². The summed E-state index contributed by atoms with van der Waals surface area (Å²) in [6.07, 6.45) is 0. The molecule has 2 aromatic rings. The number of rotatable bonds is 6. The van der Waals surface area contributed by atoms with Crippen molar-refractivity contribution in [3.8, 4) is 0 Å². The average molecular weight is 354 g/mol. The monoisotopic (exact) mass is 353 g/mol. The highest BCUT2D eigenvalue weighted by atomic mass is 35.5. The molecule has 0 bridgehead atoms. The maximum Gasteiger partial charge on any atom is 0.292 e. The molecule has 6 nitrogen and oxygen atoms in total. The lowest BCUT2D eigenvalue weighted by Crippen LogP contribution is -2.29. The number of para-hydroxylation sites is 2. The van der Waals surface area contributed by atoms with E-state index in [2.05, 4.69) is 10.6 Å². The van der Waals surface area contributed by atoms with Crippen molar-refractivity contribution in [3.63, 3.8) is 0 Å². The number of halogens is 2. The van der Waals surface area contributed by atoms with Crippen molar-refractivity contribution in [2.75, 3.05) is 18.4 Å². The molecule has 2 aromatic carbocycles. The molecule has 0 unspecified atom stereocenters. The first kappa shape index (κ1) is 17.1. The van der Waals surface area contributed by atoms with Gasteiger partial charge in [-0.15, -0.1) is 0 Å². The van der Waals surface area contributed by atoms with E-state index in [0.29, 0.717) is 22.3 Å². The van der Waals surface area contributed by atoms with Crippen molar-refractivity contribution >= 4 is 40.5 Å². The predicted octanol–water partition coefficient (Wildman–Crippen LogP) is 3.74. The second kappa shape index (κ2) is 7.80. The summed E-state index contributed by atoms with van der Waals surface area (Å²) >= 11 is 11.8. The first-order chi connectivity index (χ1) is 11.0. The Morgan fingerprint density at radius 1 is 1.13 bits per heavy atom. The van der Waals surface area contributed by atoms with Gasteiger partial charge < -0.3 is 10.6 Å². The van der Waals surface area contributed by atoms with Gasteiger partial charge >= 0.3 is 0 Å². The zero-order valence-corrected chi connectivity index (χ0v) is 13.4. The summed E-state index contributed by atoms with van der Waals surface area (Å²) in [5.74, 6) is -0.359. The van der Waals surface area contributed by atoms with Crippen LogP contribution < -0.4 is 10.6 Å². The predicted molar refractivity (Wildman–Crippen MR) is 90.4 cm³/mol. The van der Waals surface area contributed by atoms with Gasteiger partial charge in [-0.2, -0.15) is 0 Å². The molecule has 0 aliphatic carbocycles. The summed E-state index contributed by atoms with van der Waals surface area (Å²) in [4.78, 5) is 22.4. The van der Waals surface area contributed by atoms with E-state index >= 15 is 0 Å². The summed E-state index contributed by atoms with van der Waals surface area (Å²) < 4.78 is 0. The van der Waals surface area contributed by atoms with Gasteiger partial charge in [-0.25, -0.2) is 0 Å². The van der Waals surface area contributed by atoms with Crippen LogP contribution in [0.1, 0.15) is 10.4 Å². The summed E-state index contributed by atoms with van der Waals surface area (Å²) in [6.45, 7) is 0.600. The van der Waals surface area contributed by atoms with E-state index < -0.39 is 4.92 Å². The van der Waals surface area contributed by atoms with Crippen molar-refractivity contribution in [1.29, 1.82) is 0 Å². The van der Waals surface area contributed by atoms with Crippen molar-refractivity contribution in [2.45, 2.75) is 0 Å². The minimum absolute atomic E-state index is 0.0169. The van der Waals surface area contributed by atoms with Crippen LogP contribution in [0.5, 0.6) is 0 Å². The Morgan fingerprint density at radius 3 is 2.61 bits per heavy atom. The molecule has 0 aromatic heterocycles. The number of hydrogen-bond donors (Lipinski definition) is 2. The highest BCUT2D eigenvalue weighted by molar-refractivity contribution is 6.35. The lowest BCUT2D eigenvalue weighted by molar-refractivity contribution is -0.384. The van der Waals surface area contributed by atoms with Crippen LogP contribution in [0.25, 0.3) is 0 Å². The van der Waals surface area contributed by atoms with Crippen LogP contribution in [-0.2, 0) is 0 Å². The quantitative estimate of drug-likeness (QED) is 0.470. The fourth-order valence-corrected chi connectivity index (χ4v) is 2.30. The van der Waals surface area contributed by atoms with E-state index in [9.17, 15) is 14.9 Å². The third kappa shape index (κ3) is 4.58. The summed E-state index contributed by atoms with van der Waals surface area (Å²) in [5.41, 5.74) is 0.661. The van der Waals surface area contributed by atoms with Crippen LogP contribution in [0, 0.1) is 10.1 Å². The van der Waals surface area contributed by atoms with E-state index in [1.165, 1.54) is 12.1 Å². The second-order valence-corrected chi connectivity index (χ2v) is 5.42. The lowest BCUT2D eigenvalue weighted by Gasteiger charge is -2.09. The number of carbonyl (C=O) groups is 1. The molecule has 0 aliphatic heterocycles. The molecule has 0 fully saturated rings. The van der Waals surface area contributed by atoms with Crippen molar-refractivity contribution in [3.05, 3.63) is 68.2 Å². The van der Waals surface area contributed by atoms with Crippen molar-refractivity contribution in [1.82, 2.24) is 5.32 Å². The largest absolute Gasteiger partial charge is 0.378 e. The van der Waals surface area contributed by atoms with E-state index in [4.69, 9.17) is 23.2 Å². The molecule has 23 heavy (non-hydrogen) atoms. The first-order valence-electron chi connectivity index (χ1n) is 6.69. The van der Waals surface area contributed by atoms with Gasteiger partial charge in [0.2, 0.25) is 0 Å². The van der Waals surface area contributed by atoms with Crippen LogP contribution in [-0.4, -0.2) is 23.9 Å². The highest BCUT2D eigenvalue weighted by Crippen LogP contribution is 2.23. The molecule has 2 N–H and O–H groups in total. The summed E-state index contributed by atoms with van der Waals surface area (Å²) in [5, 5.41) is 17.2. The molecule has 0 radical (unpaired) electrons. The molecule has 120 valence electrons. The number of hydrogen-bond acceptors (Lipinski definition) is 4. The average Bonchev–Trinajstić information content (AvgIpc) is 2.53. The standard InChI is InChI=1S/C15H13Cl2N3O3/c16-10-5-6-12(17)11(9-10)15(21)19-8-7-18-13-3-1-2-4-14(13)20(22)23/h1-6,9,18H,7-8H2,(H,19,21). The molecule has 0 saturated carbocycles. The SMILES string of the molecule is O=C(NCCNc1ccccc1[N+](=O)[O-])c1cc(Cl)ccc1Cl. The second-order valence-electron chi connectivity index (χ2n) is 4.58. The minimum atomic E-state index is -0.466. The number of benzene rings is 2. The number of nitro benzene ring substituents is 1. The molecular formula is C15H13Cl2N3O3. The molecule has 0 heterocycles. The van der Waals surface area contributed by atoms with Gasteiger partial charge in [0, 0.05) is 24.2 Å². The number of nitro groups is 1. The Balaban J connectivity index is 1.90. The van der Waals surface area contributed by atoms with Gasteiger partial charge in [-0.3, -0.25) is 14.9 Å². The third-order valence-electron chi connectivity index (χ3n) is 3.00. The lowest BCUT2D eigenvalue weighted by atomic mass is 10.2. The molecule has 0 atom stereocenters. The van der Waals surface area contributed by atoms with Crippen LogP contribution in [0.3, 0.4) is 0 Å². The Morgan fingerprint density at radius 2 is 1.87 bits per heavy atom. The molecule has 2 rings (SSSR count). The van der Waals surface area contributed by atoms with E-state index in [1.807, 2.05) is 0 Å². The number of nitrogens with zero attached hydrogens (tertiary/aromatic N) is 1. The van der Waals surface area contributed by atoms with Crippen molar-refractivity contribution in [2.24, 2.45) is 0 Å². The van der Waals surface area contributed by atoms with Gasteiger partial charge in [0.1, 0.15) is 5.69 Å². The van der Waals surface area contributed by atoms with Gasteiger partial charge in [-0.1, -0.05) is 35.3 Å². The molecule has 0 aliphatic rings. The van der Waals surface area contributed by atoms with E-state index in [1.54, 1.807) is 30.3 Å². The summed E-state index contributed by atoms with van der Waals surface area (Å²) in [6, 6.07) is 10.9. The zero-order chi connectivity index (χ0) is 16.8. The topological polar surface area (TPSA) is 84.3 Å². The fraction of sp³-hybridized carbons (Fsp3) is 0.133. The van der Waals surface area contributed by atoms with Gasteiger partial charge in [0.05, 0.1) is 15.5 Å². The molecule has 0 spiro atoms. The Hall–Kier alpha value is -2.31. The zero-order valence-electron chi connectivity index (χ0n) is 11.9. The first-order valence-corrected chi connectivity index (χ1v) is 7.45. The Kier molecular flexibility index (Phi) is 5.78. The van der Waals surface area contributed by atoms with Crippen LogP contribution in [0.2, 0.25) is 10.0 Å². The fourth-order valence-electron chi connectivity index (χ4n) is 1.92. The maximum atomic E-state index is 12.0. The van der Waals surface area contributed by atoms with E-state index in [-0.39, 0.29) is 23.7 Å². The van der Waals surface area contributed by atoms with Crippen LogP contribution in [0.15, 0.2) is 42.5 Å². The smallest absolute Gasteiger partial charge is 0.292 e.